The number of hydrogen-bond acceptors (Lipinski definition) is 3. The normalized spacial score (nSPS) is 19.8. The summed E-state index contributed by atoms with van der Waals surface area (Å²) in [6, 6.07) is 3.98. The number of carbonyl (C=O) groups is 1. The zero-order chi connectivity index (χ0) is 15.6. The maximum atomic E-state index is 13.2. The zero-order valence-electron chi connectivity index (χ0n) is 12.2. The van der Waals surface area contributed by atoms with Crippen molar-refractivity contribution in [2.45, 2.75) is 25.1 Å². The van der Waals surface area contributed by atoms with E-state index in [1.54, 1.807) is 11.9 Å². The molecule has 116 valence electrons. The van der Waals surface area contributed by atoms with Crippen molar-refractivity contribution in [1.29, 1.82) is 0 Å². The average Bonchev–Trinajstić information content (AvgIpc) is 2.82. The lowest BCUT2D eigenvalue weighted by Crippen LogP contribution is -2.37. The number of alkyl halides is 3. The van der Waals surface area contributed by atoms with E-state index in [1.165, 1.54) is 12.1 Å². The highest BCUT2D eigenvalue weighted by Gasteiger charge is 2.35. The summed E-state index contributed by atoms with van der Waals surface area (Å²) in [7, 11) is 3.66. The van der Waals surface area contributed by atoms with Gasteiger partial charge < -0.3 is 9.80 Å². The predicted molar refractivity (Wildman–Crippen MR) is 75.8 cm³/mol. The van der Waals surface area contributed by atoms with Gasteiger partial charge in [0.05, 0.1) is 5.56 Å². The molecule has 0 amide bonds. The highest BCUT2D eigenvalue weighted by Crippen LogP contribution is 2.37. The molecule has 1 saturated heterocycles. The summed E-state index contributed by atoms with van der Waals surface area (Å²) in [6.45, 7) is 1.52. The van der Waals surface area contributed by atoms with Crippen LogP contribution in [0.3, 0.4) is 0 Å². The lowest BCUT2D eigenvalue weighted by atomic mass is 10.1. The molecular formula is C15H19F3N2O. The standard InChI is InChI=1S/C15H19F3N2O/c1-19-7-3-4-12(19)9-20(2)14-6-5-11(10-21)8-13(14)15(16,17)18/h5-6,8,10,12H,3-4,7,9H2,1-2H3. The number of anilines is 1. The lowest BCUT2D eigenvalue weighted by Gasteiger charge is -2.29. The summed E-state index contributed by atoms with van der Waals surface area (Å²) in [5.41, 5.74) is -0.596. The number of hydrogen-bond donors (Lipinski definition) is 0. The first-order valence-electron chi connectivity index (χ1n) is 6.90. The molecule has 1 heterocycles. The molecule has 3 nitrogen and oxygen atoms in total. The summed E-state index contributed by atoms with van der Waals surface area (Å²) in [6.07, 6.45) is -1.96. The molecule has 0 radical (unpaired) electrons. The van der Waals surface area contributed by atoms with E-state index in [0.29, 0.717) is 12.8 Å². The second kappa shape index (κ2) is 6.05. The van der Waals surface area contributed by atoms with Gasteiger partial charge >= 0.3 is 6.18 Å². The second-order valence-corrected chi connectivity index (χ2v) is 5.55. The fraction of sp³-hybridized carbons (Fsp3) is 0.533. The number of carbonyl (C=O) groups excluding carboxylic acids is 1. The molecule has 1 aliphatic heterocycles. The van der Waals surface area contributed by atoms with Crippen LogP contribution in [0.15, 0.2) is 18.2 Å². The maximum Gasteiger partial charge on any atom is 0.418 e. The van der Waals surface area contributed by atoms with Crippen LogP contribution in [0.2, 0.25) is 0 Å². The van der Waals surface area contributed by atoms with Crippen molar-refractivity contribution in [2.75, 3.05) is 32.1 Å². The first-order chi connectivity index (χ1) is 9.82. The third-order valence-corrected chi connectivity index (χ3v) is 4.03. The van der Waals surface area contributed by atoms with E-state index < -0.39 is 11.7 Å². The van der Waals surface area contributed by atoms with Crippen LogP contribution in [0, 0.1) is 0 Å². The van der Waals surface area contributed by atoms with Crippen molar-refractivity contribution in [3.05, 3.63) is 29.3 Å². The Balaban J connectivity index is 2.27. The van der Waals surface area contributed by atoms with E-state index in [4.69, 9.17) is 0 Å². The highest BCUT2D eigenvalue weighted by molar-refractivity contribution is 5.77. The molecule has 0 bridgehead atoms. The van der Waals surface area contributed by atoms with Crippen molar-refractivity contribution in [3.8, 4) is 0 Å². The topological polar surface area (TPSA) is 23.6 Å². The fourth-order valence-corrected chi connectivity index (χ4v) is 2.81. The molecule has 0 spiro atoms. The third kappa shape index (κ3) is 3.56. The number of aldehydes is 1. The summed E-state index contributed by atoms with van der Waals surface area (Å²) in [5.74, 6) is 0. The molecule has 0 saturated carbocycles. The van der Waals surface area contributed by atoms with E-state index in [9.17, 15) is 18.0 Å². The van der Waals surface area contributed by atoms with Crippen LogP contribution >= 0.6 is 0 Å². The van der Waals surface area contributed by atoms with E-state index in [0.717, 1.165) is 25.5 Å². The predicted octanol–water partition coefficient (Wildman–Crippen LogP) is 3.05. The molecule has 1 fully saturated rings. The Kier molecular flexibility index (Phi) is 4.56. The van der Waals surface area contributed by atoms with Crippen molar-refractivity contribution in [3.63, 3.8) is 0 Å². The Morgan fingerprint density at radius 3 is 2.67 bits per heavy atom. The lowest BCUT2D eigenvalue weighted by molar-refractivity contribution is -0.137. The molecule has 21 heavy (non-hydrogen) atoms. The van der Waals surface area contributed by atoms with Crippen molar-refractivity contribution < 1.29 is 18.0 Å². The summed E-state index contributed by atoms with van der Waals surface area (Å²) in [5, 5.41) is 0. The molecule has 1 aromatic carbocycles. The molecule has 0 N–H and O–H groups in total. The zero-order valence-corrected chi connectivity index (χ0v) is 12.2. The van der Waals surface area contributed by atoms with Crippen molar-refractivity contribution in [2.24, 2.45) is 0 Å². The number of benzene rings is 1. The monoisotopic (exact) mass is 300 g/mol. The van der Waals surface area contributed by atoms with E-state index in [-0.39, 0.29) is 17.3 Å². The van der Waals surface area contributed by atoms with E-state index in [1.807, 2.05) is 7.05 Å². The van der Waals surface area contributed by atoms with Gasteiger partial charge in [0, 0.05) is 30.9 Å². The van der Waals surface area contributed by atoms with Crippen LogP contribution < -0.4 is 4.90 Å². The molecule has 1 atom stereocenters. The SMILES string of the molecule is CN(CC1CCCN1C)c1ccc(C=O)cc1C(F)(F)F. The van der Waals surface area contributed by atoms with Gasteiger partial charge in [0.15, 0.2) is 0 Å². The quantitative estimate of drug-likeness (QED) is 0.799. The summed E-state index contributed by atoms with van der Waals surface area (Å²) >= 11 is 0. The second-order valence-electron chi connectivity index (χ2n) is 5.55. The summed E-state index contributed by atoms with van der Waals surface area (Å²) < 4.78 is 39.5. The van der Waals surface area contributed by atoms with Crippen LogP contribution in [0.4, 0.5) is 18.9 Å². The van der Waals surface area contributed by atoms with Crippen molar-refractivity contribution >= 4 is 12.0 Å². The Hall–Kier alpha value is -1.56. The van der Waals surface area contributed by atoms with Crippen LogP contribution in [0.1, 0.15) is 28.8 Å². The van der Waals surface area contributed by atoms with Gasteiger partial charge in [-0.25, -0.2) is 0 Å². The van der Waals surface area contributed by atoms with Gasteiger partial charge in [0.2, 0.25) is 0 Å². The smallest absolute Gasteiger partial charge is 0.373 e. The van der Waals surface area contributed by atoms with E-state index in [2.05, 4.69) is 4.90 Å². The molecule has 0 aliphatic carbocycles. The first kappa shape index (κ1) is 15.8. The number of rotatable bonds is 4. The first-order valence-corrected chi connectivity index (χ1v) is 6.90. The minimum absolute atomic E-state index is 0.0393. The van der Waals surface area contributed by atoms with Gasteiger partial charge in [-0.3, -0.25) is 4.79 Å². The largest absolute Gasteiger partial charge is 0.418 e. The van der Waals surface area contributed by atoms with Gasteiger partial charge in [0.1, 0.15) is 6.29 Å². The third-order valence-electron chi connectivity index (χ3n) is 4.03. The minimum Gasteiger partial charge on any atom is -0.373 e. The Morgan fingerprint density at radius 1 is 1.43 bits per heavy atom. The highest BCUT2D eigenvalue weighted by atomic mass is 19.4. The maximum absolute atomic E-state index is 13.2. The minimum atomic E-state index is -4.47. The number of likely N-dealkylation sites (tertiary alicyclic amines) is 1. The van der Waals surface area contributed by atoms with E-state index >= 15 is 0 Å². The molecule has 6 heteroatoms. The Morgan fingerprint density at radius 2 is 2.14 bits per heavy atom. The van der Waals surface area contributed by atoms with Gasteiger partial charge in [0.25, 0.3) is 0 Å². The fourth-order valence-electron chi connectivity index (χ4n) is 2.81. The molecule has 2 rings (SSSR count). The van der Waals surface area contributed by atoms with Crippen LogP contribution in [0.5, 0.6) is 0 Å². The van der Waals surface area contributed by atoms with Gasteiger partial charge in [-0.2, -0.15) is 13.2 Å². The number of halogens is 3. The molecule has 1 aliphatic rings. The molecule has 1 unspecified atom stereocenters. The molecule has 1 aromatic rings. The summed E-state index contributed by atoms with van der Waals surface area (Å²) in [4.78, 5) is 14.5. The van der Waals surface area contributed by atoms with Gasteiger partial charge in [-0.05, 0) is 44.6 Å². The van der Waals surface area contributed by atoms with Gasteiger partial charge in [-0.1, -0.05) is 0 Å². The van der Waals surface area contributed by atoms with Crippen molar-refractivity contribution in [1.82, 2.24) is 4.90 Å². The van der Waals surface area contributed by atoms with Crippen LogP contribution in [-0.4, -0.2) is 44.4 Å². The Labute approximate surface area is 122 Å². The number of likely N-dealkylation sites (N-methyl/N-ethyl adjacent to an activating group) is 2. The molecular weight excluding hydrogens is 281 g/mol. The number of nitrogens with zero attached hydrogens (tertiary/aromatic N) is 2. The van der Waals surface area contributed by atoms with Gasteiger partial charge in [-0.15, -0.1) is 0 Å². The molecule has 0 aromatic heterocycles. The van der Waals surface area contributed by atoms with Crippen LogP contribution in [0.25, 0.3) is 0 Å². The average molecular weight is 300 g/mol. The Bertz CT molecular complexity index is 516. The van der Waals surface area contributed by atoms with Crippen LogP contribution in [-0.2, 0) is 6.18 Å².